The monoisotopic (exact) mass is 599 g/mol. The van der Waals surface area contributed by atoms with E-state index in [1.807, 2.05) is 0 Å². The molecule has 242 valence electrons. The Hall–Kier alpha value is -1.12. The molecule has 1 atom stereocenters. The van der Waals surface area contributed by atoms with Crippen molar-refractivity contribution < 1.29 is 19.1 Å². The third kappa shape index (κ3) is 28.8. The molecule has 2 N–H and O–H groups in total. The molecule has 7 nitrogen and oxygen atoms in total. The lowest BCUT2D eigenvalue weighted by molar-refractivity contribution is -0.149. The Balaban J connectivity index is 4.05. The Morgan fingerprint density at radius 1 is 0.780 bits per heavy atom. The van der Waals surface area contributed by atoms with Gasteiger partial charge in [0.05, 0.1) is 5.75 Å². The smallest absolute Gasteiger partial charge is 0.306 e. The van der Waals surface area contributed by atoms with Crippen LogP contribution in [0.2, 0.25) is 0 Å². The third-order valence-corrected chi connectivity index (χ3v) is 8.44. The summed E-state index contributed by atoms with van der Waals surface area (Å²) in [4.78, 5) is 36.7. The first kappa shape index (κ1) is 39.9. The van der Waals surface area contributed by atoms with Crippen LogP contribution in [-0.2, 0) is 19.1 Å². The maximum atomic E-state index is 12.3. The SMILES string of the molecule is CCCCCCCCC(CC)OC(=O)CCCCCCCN(CCCCCCCC=O)CCCNSCC(=O)NC. The lowest BCUT2D eigenvalue weighted by atomic mass is 10.1. The molecule has 0 saturated carbocycles. The molecule has 0 fully saturated rings. The molecule has 0 radical (unpaired) electrons. The highest BCUT2D eigenvalue weighted by Gasteiger charge is 2.12. The van der Waals surface area contributed by atoms with Crippen molar-refractivity contribution in [3.63, 3.8) is 0 Å². The average molecular weight is 600 g/mol. The van der Waals surface area contributed by atoms with Gasteiger partial charge in [0, 0.05) is 26.4 Å². The average Bonchev–Trinajstić information content (AvgIpc) is 2.98. The predicted octanol–water partition coefficient (Wildman–Crippen LogP) is 7.61. The van der Waals surface area contributed by atoms with E-state index in [9.17, 15) is 14.4 Å². The van der Waals surface area contributed by atoms with Gasteiger partial charge >= 0.3 is 5.97 Å². The van der Waals surface area contributed by atoms with Crippen molar-refractivity contribution >= 4 is 30.1 Å². The highest BCUT2D eigenvalue weighted by molar-refractivity contribution is 7.98. The Labute approximate surface area is 257 Å². The number of carbonyl (C=O) groups is 3. The summed E-state index contributed by atoms with van der Waals surface area (Å²) in [5.41, 5.74) is 0. The Kier molecular flexibility index (Phi) is 30.9. The fourth-order valence-corrected chi connectivity index (χ4v) is 5.61. The second kappa shape index (κ2) is 31.8. The van der Waals surface area contributed by atoms with Gasteiger partial charge in [0.15, 0.2) is 0 Å². The quantitative estimate of drug-likeness (QED) is 0.0356. The molecule has 0 saturated heterocycles. The van der Waals surface area contributed by atoms with Gasteiger partial charge in [-0.2, -0.15) is 0 Å². The summed E-state index contributed by atoms with van der Waals surface area (Å²) >= 11 is 1.47. The number of ether oxygens (including phenoxy) is 1. The number of unbranched alkanes of at least 4 members (excludes halogenated alkanes) is 14. The zero-order valence-electron chi connectivity index (χ0n) is 27.0. The lowest BCUT2D eigenvalue weighted by Gasteiger charge is -2.22. The fourth-order valence-electron chi connectivity index (χ4n) is 4.94. The predicted molar refractivity (Wildman–Crippen MR) is 175 cm³/mol. The fraction of sp³-hybridized carbons (Fsp3) is 0.909. The molecule has 0 aliphatic carbocycles. The number of carbonyl (C=O) groups excluding carboxylic acids is 3. The van der Waals surface area contributed by atoms with Gasteiger partial charge < -0.3 is 19.7 Å². The summed E-state index contributed by atoms with van der Waals surface area (Å²) in [6.07, 6.45) is 24.4. The van der Waals surface area contributed by atoms with Crippen molar-refractivity contribution in [3.05, 3.63) is 0 Å². The summed E-state index contributed by atoms with van der Waals surface area (Å²) in [7, 11) is 1.66. The van der Waals surface area contributed by atoms with E-state index < -0.39 is 0 Å². The van der Waals surface area contributed by atoms with Crippen molar-refractivity contribution in [1.29, 1.82) is 0 Å². The number of rotatable bonds is 32. The molecule has 1 unspecified atom stereocenters. The highest BCUT2D eigenvalue weighted by atomic mass is 32.2. The van der Waals surface area contributed by atoms with Crippen LogP contribution in [0, 0.1) is 0 Å². The zero-order valence-corrected chi connectivity index (χ0v) is 27.8. The molecule has 0 bridgehead atoms. The first-order valence-corrected chi connectivity index (χ1v) is 18.0. The van der Waals surface area contributed by atoms with Crippen LogP contribution in [0.4, 0.5) is 0 Å². The molecule has 0 aromatic carbocycles. The van der Waals surface area contributed by atoms with Crippen molar-refractivity contribution in [2.24, 2.45) is 0 Å². The summed E-state index contributed by atoms with van der Waals surface area (Å²) in [6, 6.07) is 0. The van der Waals surface area contributed by atoms with Crippen LogP contribution in [0.25, 0.3) is 0 Å². The molecule has 1 amide bonds. The van der Waals surface area contributed by atoms with Crippen LogP contribution in [0.1, 0.15) is 149 Å². The van der Waals surface area contributed by atoms with E-state index in [0.29, 0.717) is 18.6 Å². The minimum absolute atomic E-state index is 0.0118. The van der Waals surface area contributed by atoms with Gasteiger partial charge in [-0.25, -0.2) is 0 Å². The van der Waals surface area contributed by atoms with E-state index in [1.54, 1.807) is 7.05 Å². The standard InChI is InChI=1S/C33H65N3O4S/c1-4-6-7-8-12-17-23-31(5-2)40-33(39)24-18-13-11-15-20-27-36(26-19-14-9-10-16-21-29-37)28-22-25-35-41-30-32(38)34-3/h29,31,35H,4-28,30H2,1-3H3,(H,34,38). The summed E-state index contributed by atoms with van der Waals surface area (Å²) < 4.78 is 9.05. The van der Waals surface area contributed by atoms with Crippen molar-refractivity contribution in [2.45, 2.75) is 155 Å². The maximum Gasteiger partial charge on any atom is 0.306 e. The normalized spacial score (nSPS) is 12.0. The number of nitrogens with zero attached hydrogens (tertiary/aromatic N) is 1. The van der Waals surface area contributed by atoms with Crippen LogP contribution in [-0.4, -0.2) is 68.1 Å². The molecule has 8 heteroatoms. The van der Waals surface area contributed by atoms with Crippen LogP contribution >= 0.6 is 11.9 Å². The second-order valence-electron chi connectivity index (χ2n) is 11.4. The van der Waals surface area contributed by atoms with E-state index in [1.165, 1.54) is 89.0 Å². The summed E-state index contributed by atoms with van der Waals surface area (Å²) in [5.74, 6) is 0.477. The van der Waals surface area contributed by atoms with E-state index in [2.05, 4.69) is 28.8 Å². The van der Waals surface area contributed by atoms with E-state index in [0.717, 1.165) is 77.4 Å². The van der Waals surface area contributed by atoms with Crippen LogP contribution in [0.3, 0.4) is 0 Å². The summed E-state index contributed by atoms with van der Waals surface area (Å²) in [6.45, 7) is 8.58. The van der Waals surface area contributed by atoms with Gasteiger partial charge in [-0.3, -0.25) is 14.3 Å². The number of nitrogens with one attached hydrogen (secondary N) is 2. The summed E-state index contributed by atoms with van der Waals surface area (Å²) in [5, 5.41) is 2.64. The molecule has 0 aliphatic rings. The van der Waals surface area contributed by atoms with Gasteiger partial charge in [0.1, 0.15) is 12.4 Å². The van der Waals surface area contributed by atoms with Crippen LogP contribution in [0.15, 0.2) is 0 Å². The topological polar surface area (TPSA) is 87.7 Å². The molecule has 0 heterocycles. The van der Waals surface area contributed by atoms with Crippen molar-refractivity contribution in [1.82, 2.24) is 14.9 Å². The Morgan fingerprint density at radius 2 is 1.37 bits per heavy atom. The zero-order chi connectivity index (χ0) is 30.2. The number of esters is 1. The van der Waals surface area contributed by atoms with E-state index in [-0.39, 0.29) is 18.0 Å². The maximum absolute atomic E-state index is 12.3. The Bertz CT molecular complexity index is 609. The molecule has 0 spiro atoms. The number of aldehydes is 1. The third-order valence-electron chi connectivity index (χ3n) is 7.62. The second-order valence-corrected chi connectivity index (χ2v) is 12.2. The molecule has 0 aliphatic heterocycles. The lowest BCUT2D eigenvalue weighted by Crippen LogP contribution is -2.29. The van der Waals surface area contributed by atoms with Crippen LogP contribution < -0.4 is 10.0 Å². The molecular formula is C33H65N3O4S. The molecular weight excluding hydrogens is 534 g/mol. The van der Waals surface area contributed by atoms with Crippen LogP contribution in [0.5, 0.6) is 0 Å². The molecule has 0 rings (SSSR count). The van der Waals surface area contributed by atoms with Gasteiger partial charge in [0.25, 0.3) is 0 Å². The largest absolute Gasteiger partial charge is 0.462 e. The first-order chi connectivity index (χ1) is 20.1. The van der Waals surface area contributed by atoms with E-state index >= 15 is 0 Å². The number of hydrogen-bond acceptors (Lipinski definition) is 7. The van der Waals surface area contributed by atoms with Gasteiger partial charge in [0.2, 0.25) is 5.91 Å². The van der Waals surface area contributed by atoms with Gasteiger partial charge in [-0.15, -0.1) is 0 Å². The minimum Gasteiger partial charge on any atom is -0.462 e. The molecule has 41 heavy (non-hydrogen) atoms. The van der Waals surface area contributed by atoms with Crippen molar-refractivity contribution in [3.8, 4) is 0 Å². The van der Waals surface area contributed by atoms with Gasteiger partial charge in [-0.1, -0.05) is 96.4 Å². The van der Waals surface area contributed by atoms with E-state index in [4.69, 9.17) is 4.74 Å². The number of hydrogen-bond donors (Lipinski definition) is 2. The van der Waals surface area contributed by atoms with Crippen molar-refractivity contribution in [2.75, 3.05) is 39.0 Å². The molecule has 0 aromatic heterocycles. The molecule has 0 aromatic rings. The van der Waals surface area contributed by atoms with Gasteiger partial charge in [-0.05, 0) is 71.0 Å². The Morgan fingerprint density at radius 3 is 2.00 bits per heavy atom. The highest BCUT2D eigenvalue weighted by Crippen LogP contribution is 2.15. The first-order valence-electron chi connectivity index (χ1n) is 17.0. The number of amides is 1. The minimum atomic E-state index is -0.0118.